The van der Waals surface area contributed by atoms with E-state index in [2.05, 4.69) is 25.3 Å². The molecule has 0 saturated carbocycles. The third kappa shape index (κ3) is 6.88. The average molecular weight is 352 g/mol. The highest BCUT2D eigenvalue weighted by Gasteiger charge is 2.28. The average Bonchev–Trinajstić information content (AvgIpc) is 2.88. The van der Waals surface area contributed by atoms with Crippen LogP contribution in [0, 0.1) is 11.7 Å². The summed E-state index contributed by atoms with van der Waals surface area (Å²) in [5.41, 5.74) is -1.84. The summed E-state index contributed by atoms with van der Waals surface area (Å²) in [4.78, 5) is 41.4. The lowest BCUT2D eigenvalue weighted by atomic mass is 10.2. The molecule has 8 nitrogen and oxygen atoms in total. The van der Waals surface area contributed by atoms with Crippen molar-refractivity contribution < 1.29 is 23.4 Å². The predicted octanol–water partition coefficient (Wildman–Crippen LogP) is 1.24. The number of aromatic amines is 1. The van der Waals surface area contributed by atoms with Crippen LogP contribution < -0.4 is 11.2 Å². The molecule has 0 aromatic carbocycles. The van der Waals surface area contributed by atoms with Gasteiger partial charge in [0.2, 0.25) is 5.82 Å². The minimum absolute atomic E-state index is 0.0320. The van der Waals surface area contributed by atoms with Gasteiger partial charge in [0.15, 0.2) is 0 Å². The Bertz CT molecular complexity index is 600. The lowest BCUT2D eigenvalue weighted by Crippen LogP contribution is -2.34. The van der Waals surface area contributed by atoms with Gasteiger partial charge in [0, 0.05) is 0 Å². The molecule has 3 N–H and O–H groups in total. The molecule has 1 aromatic rings. The van der Waals surface area contributed by atoms with Gasteiger partial charge in [-0.2, -0.15) is 4.39 Å². The minimum Gasteiger partial charge on any atom is -0.352 e. The molecule has 1 aliphatic rings. The van der Waals surface area contributed by atoms with Crippen molar-refractivity contribution in [1.82, 2.24) is 9.55 Å². The SMILES string of the molecule is CC(C)C.O=c1[nH]c(=O)n(C2CCC(COP(O)O)O2)cc1F. The van der Waals surface area contributed by atoms with Crippen molar-refractivity contribution in [2.75, 3.05) is 6.61 Å². The fraction of sp³-hybridized carbons (Fsp3) is 0.692. The topological polar surface area (TPSA) is 114 Å². The molecule has 23 heavy (non-hydrogen) atoms. The second-order valence-corrected chi connectivity index (χ2v) is 6.48. The van der Waals surface area contributed by atoms with Gasteiger partial charge in [-0.3, -0.25) is 14.3 Å². The summed E-state index contributed by atoms with van der Waals surface area (Å²) >= 11 is 0. The first-order valence-electron chi connectivity index (χ1n) is 7.18. The summed E-state index contributed by atoms with van der Waals surface area (Å²) in [6.45, 7) is 6.47. The van der Waals surface area contributed by atoms with Crippen molar-refractivity contribution in [3.63, 3.8) is 0 Å². The molecule has 2 rings (SSSR count). The fourth-order valence-corrected chi connectivity index (χ4v) is 2.14. The number of nitrogens with one attached hydrogen (secondary N) is 1. The van der Waals surface area contributed by atoms with Gasteiger partial charge >= 0.3 is 14.3 Å². The lowest BCUT2D eigenvalue weighted by Gasteiger charge is -2.15. The second-order valence-electron chi connectivity index (χ2n) is 5.71. The molecule has 1 aliphatic heterocycles. The van der Waals surface area contributed by atoms with Gasteiger partial charge in [0.05, 0.1) is 18.9 Å². The van der Waals surface area contributed by atoms with Crippen molar-refractivity contribution >= 4 is 8.60 Å². The van der Waals surface area contributed by atoms with Gasteiger partial charge in [0.1, 0.15) is 6.23 Å². The van der Waals surface area contributed by atoms with Crippen molar-refractivity contribution in [2.45, 2.75) is 45.9 Å². The van der Waals surface area contributed by atoms with E-state index in [0.29, 0.717) is 12.8 Å². The molecule has 0 aliphatic carbocycles. The van der Waals surface area contributed by atoms with Crippen LogP contribution in [0.2, 0.25) is 0 Å². The number of nitrogens with zero attached hydrogens (tertiary/aromatic N) is 1. The number of ether oxygens (including phenoxy) is 1. The van der Waals surface area contributed by atoms with Crippen LogP contribution in [-0.4, -0.2) is 32.0 Å². The van der Waals surface area contributed by atoms with Crippen molar-refractivity contribution in [1.29, 1.82) is 0 Å². The van der Waals surface area contributed by atoms with Crippen molar-refractivity contribution in [3.8, 4) is 0 Å². The summed E-state index contributed by atoms with van der Waals surface area (Å²) in [6, 6.07) is 0. The second kappa shape index (κ2) is 9.24. The highest BCUT2D eigenvalue weighted by molar-refractivity contribution is 7.39. The monoisotopic (exact) mass is 352 g/mol. The Morgan fingerprint density at radius 1 is 1.43 bits per heavy atom. The Morgan fingerprint density at radius 2 is 2.04 bits per heavy atom. The number of hydrogen-bond donors (Lipinski definition) is 3. The van der Waals surface area contributed by atoms with Crippen LogP contribution in [0.15, 0.2) is 15.8 Å². The van der Waals surface area contributed by atoms with Crippen LogP contribution >= 0.6 is 8.60 Å². The molecule has 2 heterocycles. The molecule has 1 aromatic heterocycles. The molecule has 10 heteroatoms. The maximum atomic E-state index is 13.1. The smallest absolute Gasteiger partial charge is 0.330 e. The summed E-state index contributed by atoms with van der Waals surface area (Å²) in [5, 5.41) is 0. The van der Waals surface area contributed by atoms with E-state index in [9.17, 15) is 14.0 Å². The minimum atomic E-state index is -2.46. The zero-order chi connectivity index (χ0) is 17.6. The fourth-order valence-electron chi connectivity index (χ4n) is 1.84. The maximum Gasteiger partial charge on any atom is 0.330 e. The van der Waals surface area contributed by atoms with E-state index in [1.165, 1.54) is 0 Å². The van der Waals surface area contributed by atoms with Crippen LogP contribution in [-0.2, 0) is 9.26 Å². The molecular formula is C13H22FN2O6P. The first-order valence-corrected chi connectivity index (χ1v) is 8.34. The molecule has 0 spiro atoms. The predicted molar refractivity (Wildman–Crippen MR) is 82.2 cm³/mol. The van der Waals surface area contributed by atoms with Crippen LogP contribution in [0.1, 0.15) is 39.8 Å². The van der Waals surface area contributed by atoms with Gasteiger partial charge < -0.3 is 19.0 Å². The number of halogens is 1. The molecule has 1 fully saturated rings. The molecule has 2 atom stereocenters. The Morgan fingerprint density at radius 3 is 2.61 bits per heavy atom. The molecule has 0 bridgehead atoms. The molecular weight excluding hydrogens is 330 g/mol. The zero-order valence-corrected chi connectivity index (χ0v) is 14.1. The van der Waals surface area contributed by atoms with Crippen LogP contribution in [0.25, 0.3) is 0 Å². The molecule has 1 saturated heterocycles. The van der Waals surface area contributed by atoms with Gasteiger partial charge in [-0.15, -0.1) is 0 Å². The molecule has 2 unspecified atom stereocenters. The van der Waals surface area contributed by atoms with Gasteiger partial charge in [-0.25, -0.2) is 4.79 Å². The van der Waals surface area contributed by atoms with E-state index in [4.69, 9.17) is 14.5 Å². The third-order valence-electron chi connectivity index (χ3n) is 2.70. The van der Waals surface area contributed by atoms with Gasteiger partial charge in [-0.05, 0) is 18.8 Å². The Kier molecular flexibility index (Phi) is 8.01. The van der Waals surface area contributed by atoms with Gasteiger partial charge in [-0.1, -0.05) is 20.8 Å². The quantitative estimate of drug-likeness (QED) is 0.703. The number of H-pyrrole nitrogens is 1. The normalized spacial score (nSPS) is 20.7. The first-order chi connectivity index (χ1) is 10.7. The van der Waals surface area contributed by atoms with Crippen LogP contribution in [0.3, 0.4) is 0 Å². The number of aromatic nitrogens is 2. The Balaban J connectivity index is 0.000000593. The highest BCUT2D eigenvalue weighted by Crippen LogP contribution is 2.31. The Hall–Kier alpha value is -1.12. The van der Waals surface area contributed by atoms with Crippen molar-refractivity contribution in [3.05, 3.63) is 32.9 Å². The summed E-state index contributed by atoms with van der Waals surface area (Å²) < 4.78 is 24.1. The van der Waals surface area contributed by atoms with Gasteiger partial charge in [0.25, 0.3) is 5.56 Å². The Labute approximate surface area is 133 Å². The molecule has 132 valence electrons. The first kappa shape index (κ1) is 19.9. The largest absolute Gasteiger partial charge is 0.352 e. The summed E-state index contributed by atoms with van der Waals surface area (Å²) in [6.07, 6.45) is 0.599. The standard InChI is InChI=1S/C9H12FN2O6P.C4H10/c10-6-3-12(9(14)11-8(6)13)7-2-1-5(18-7)4-17-19(15)16;1-4(2)3/h3,5,7,15-16H,1-2,4H2,(H,11,13,14);4H,1-3H3. The van der Waals surface area contributed by atoms with E-state index >= 15 is 0 Å². The highest BCUT2D eigenvalue weighted by atomic mass is 31.2. The zero-order valence-electron chi connectivity index (χ0n) is 13.2. The van der Waals surface area contributed by atoms with E-state index in [1.54, 1.807) is 0 Å². The molecule has 0 radical (unpaired) electrons. The van der Waals surface area contributed by atoms with E-state index in [-0.39, 0.29) is 6.61 Å². The third-order valence-corrected chi connectivity index (χ3v) is 3.08. The van der Waals surface area contributed by atoms with E-state index in [0.717, 1.165) is 16.7 Å². The lowest BCUT2D eigenvalue weighted by molar-refractivity contribution is -0.0220. The van der Waals surface area contributed by atoms with E-state index in [1.807, 2.05) is 4.98 Å². The van der Waals surface area contributed by atoms with Crippen molar-refractivity contribution in [2.24, 2.45) is 5.92 Å². The number of hydrogen-bond acceptors (Lipinski definition) is 6. The maximum absolute atomic E-state index is 13.1. The van der Waals surface area contributed by atoms with Crippen LogP contribution in [0.4, 0.5) is 4.39 Å². The summed E-state index contributed by atoms with van der Waals surface area (Å²) in [5.74, 6) is -0.239. The molecule has 0 amide bonds. The summed E-state index contributed by atoms with van der Waals surface area (Å²) in [7, 11) is -2.46. The number of rotatable bonds is 4. The van der Waals surface area contributed by atoms with E-state index < -0.39 is 38.0 Å². The van der Waals surface area contributed by atoms with Crippen LogP contribution in [0.5, 0.6) is 0 Å².